The zero-order valence-electron chi connectivity index (χ0n) is 32.5. The van der Waals surface area contributed by atoms with Crippen LogP contribution in [0.3, 0.4) is 0 Å². The van der Waals surface area contributed by atoms with E-state index in [-0.39, 0.29) is 13.1 Å². The molecule has 304 valence electrons. The van der Waals surface area contributed by atoms with E-state index in [9.17, 15) is 17.2 Å². The molecule has 14 nitrogen and oxygen atoms in total. The standard InChI is InChI=1S/C22H21FN6O2S.C21H19FN6/c1-32(30,31)29-12-18-20(13-29)27-21(15-8-16(23)11-24-9-15)28-22(18)25-7-6-14-10-26-19-5-3-2-4-17(14)19;22-15-7-14(8-23-10-15)20-27-19-12-24-11-17(19)21(28-20)25-6-5-13-9-26-18-4-2-1-3-16(13)18/h2-5,8-11,26H,6-7,12-13H2,1H3,(H,25,27,28);1-4,7-10,24,26H,5-6,11-12H2,(H,25,27,28). The number of pyridine rings is 2. The molecule has 8 aromatic rings. The number of aromatic amines is 2. The summed E-state index contributed by atoms with van der Waals surface area (Å²) < 4.78 is 52.8. The minimum atomic E-state index is -3.39. The monoisotopic (exact) mass is 826 g/mol. The fourth-order valence-electron chi connectivity index (χ4n) is 7.56. The summed E-state index contributed by atoms with van der Waals surface area (Å²) >= 11 is 0. The average molecular weight is 827 g/mol. The third kappa shape index (κ3) is 8.27. The molecule has 0 saturated heterocycles. The van der Waals surface area contributed by atoms with Gasteiger partial charge in [-0.2, -0.15) is 4.31 Å². The molecule has 0 spiro atoms. The van der Waals surface area contributed by atoms with E-state index in [1.807, 2.05) is 30.5 Å². The first-order valence-electron chi connectivity index (χ1n) is 19.4. The first-order valence-corrected chi connectivity index (χ1v) is 21.3. The maximum Gasteiger partial charge on any atom is 0.211 e. The van der Waals surface area contributed by atoms with Gasteiger partial charge in [-0.3, -0.25) is 9.97 Å². The maximum atomic E-state index is 13.7. The number of fused-ring (bicyclic) bond motifs is 4. The normalized spacial score (nSPS) is 13.6. The number of rotatable bonds is 11. The number of benzene rings is 2. The van der Waals surface area contributed by atoms with Crippen LogP contribution in [0, 0.1) is 11.6 Å². The predicted octanol–water partition coefficient (Wildman–Crippen LogP) is 6.51. The summed E-state index contributed by atoms with van der Waals surface area (Å²) in [6, 6.07) is 19.1. The molecule has 17 heteroatoms. The first-order chi connectivity index (χ1) is 29.2. The van der Waals surface area contributed by atoms with Crippen molar-refractivity contribution in [3.63, 3.8) is 0 Å². The fraction of sp³-hybridized carbons (Fsp3) is 0.209. The van der Waals surface area contributed by atoms with Crippen LogP contribution >= 0.6 is 0 Å². The highest BCUT2D eigenvalue weighted by molar-refractivity contribution is 7.88. The van der Waals surface area contributed by atoms with Gasteiger partial charge in [-0.05, 0) is 48.2 Å². The molecule has 60 heavy (non-hydrogen) atoms. The van der Waals surface area contributed by atoms with Gasteiger partial charge in [-0.15, -0.1) is 0 Å². The summed E-state index contributed by atoms with van der Waals surface area (Å²) in [5, 5.41) is 12.5. The highest BCUT2D eigenvalue weighted by Crippen LogP contribution is 2.32. The van der Waals surface area contributed by atoms with E-state index in [2.05, 4.69) is 86.3 Å². The van der Waals surface area contributed by atoms with Gasteiger partial charge in [-0.25, -0.2) is 37.1 Å². The van der Waals surface area contributed by atoms with Crippen molar-refractivity contribution in [2.75, 3.05) is 30.0 Å². The summed E-state index contributed by atoms with van der Waals surface area (Å²) in [5.74, 6) is 1.27. The Morgan fingerprint density at radius 1 is 0.667 bits per heavy atom. The molecule has 0 saturated carbocycles. The van der Waals surface area contributed by atoms with E-state index in [4.69, 9.17) is 0 Å². The van der Waals surface area contributed by atoms with Crippen LogP contribution in [-0.2, 0) is 49.0 Å². The van der Waals surface area contributed by atoms with Gasteiger partial charge in [0.1, 0.15) is 23.3 Å². The van der Waals surface area contributed by atoms with Gasteiger partial charge in [-0.1, -0.05) is 36.4 Å². The first kappa shape index (κ1) is 38.8. The van der Waals surface area contributed by atoms with E-state index in [1.165, 1.54) is 51.6 Å². The zero-order valence-corrected chi connectivity index (χ0v) is 33.3. The molecule has 10 rings (SSSR count). The Hall–Kier alpha value is -6.69. The second-order valence-electron chi connectivity index (χ2n) is 14.6. The molecule has 0 radical (unpaired) electrons. The van der Waals surface area contributed by atoms with Gasteiger partial charge in [0.05, 0.1) is 36.6 Å². The number of aromatic nitrogens is 8. The highest BCUT2D eigenvalue weighted by atomic mass is 32.2. The summed E-state index contributed by atoms with van der Waals surface area (Å²) in [7, 11) is -3.39. The number of H-pyrrole nitrogens is 2. The van der Waals surface area contributed by atoms with E-state index in [0.717, 1.165) is 71.2 Å². The van der Waals surface area contributed by atoms with Crippen molar-refractivity contribution in [2.24, 2.45) is 0 Å². The Labute approximate surface area is 344 Å². The topological polar surface area (TPSA) is 182 Å². The predicted molar refractivity (Wildman–Crippen MR) is 226 cm³/mol. The van der Waals surface area contributed by atoms with E-state index >= 15 is 0 Å². The SMILES string of the molecule is CS(=O)(=O)N1Cc2nc(-c3cncc(F)c3)nc(NCCc3c[nH]c4ccccc34)c2C1.Fc1cncc(-c2nc3c(c(NCCc4c[nH]c5ccccc45)n2)CNC3)c1. The van der Waals surface area contributed by atoms with Crippen LogP contribution in [0.4, 0.5) is 20.4 Å². The minimum absolute atomic E-state index is 0.156. The van der Waals surface area contributed by atoms with Crippen LogP contribution in [0.25, 0.3) is 44.6 Å². The van der Waals surface area contributed by atoms with Crippen molar-refractivity contribution < 1.29 is 17.2 Å². The number of para-hydroxylation sites is 2. The lowest BCUT2D eigenvalue weighted by Crippen LogP contribution is -2.24. The molecule has 6 aromatic heterocycles. The number of anilines is 2. The fourth-order valence-corrected chi connectivity index (χ4v) is 8.28. The Kier molecular flexibility index (Phi) is 10.7. The van der Waals surface area contributed by atoms with Crippen LogP contribution in [0.15, 0.2) is 97.8 Å². The Morgan fingerprint density at radius 3 is 1.75 bits per heavy atom. The quantitative estimate of drug-likeness (QED) is 0.0960. The number of hydrogen-bond donors (Lipinski definition) is 5. The zero-order chi connectivity index (χ0) is 41.2. The summed E-state index contributed by atoms with van der Waals surface area (Å²) in [5.41, 5.74) is 9.05. The molecule has 0 unspecified atom stereocenters. The number of nitrogens with one attached hydrogen (secondary N) is 5. The lowest BCUT2D eigenvalue weighted by molar-refractivity contribution is 0.434. The van der Waals surface area contributed by atoms with Crippen molar-refractivity contribution in [2.45, 2.75) is 39.0 Å². The lowest BCUT2D eigenvalue weighted by Gasteiger charge is -2.12. The van der Waals surface area contributed by atoms with Crippen LogP contribution in [-0.4, -0.2) is 71.9 Å². The van der Waals surface area contributed by atoms with Gasteiger partial charge >= 0.3 is 0 Å². The van der Waals surface area contributed by atoms with Crippen molar-refractivity contribution in [3.05, 3.63) is 143 Å². The molecule has 2 aliphatic rings. The van der Waals surface area contributed by atoms with Crippen LogP contribution in [0.1, 0.15) is 33.6 Å². The van der Waals surface area contributed by atoms with E-state index in [1.54, 1.807) is 6.20 Å². The third-order valence-corrected chi connectivity index (χ3v) is 11.8. The molecular formula is C43H40F2N12O2S. The molecule has 0 atom stereocenters. The molecule has 0 aliphatic carbocycles. The maximum absolute atomic E-state index is 13.7. The Balaban J connectivity index is 0.000000155. The summed E-state index contributed by atoms with van der Waals surface area (Å²) in [4.78, 5) is 32.7. The van der Waals surface area contributed by atoms with Crippen molar-refractivity contribution >= 4 is 43.5 Å². The smallest absolute Gasteiger partial charge is 0.211 e. The van der Waals surface area contributed by atoms with Crippen molar-refractivity contribution in [3.8, 4) is 22.8 Å². The van der Waals surface area contributed by atoms with Gasteiger partial charge in [0.2, 0.25) is 10.0 Å². The van der Waals surface area contributed by atoms with Crippen LogP contribution in [0.5, 0.6) is 0 Å². The third-order valence-electron chi connectivity index (χ3n) is 10.6. The number of nitrogens with zero attached hydrogens (tertiary/aromatic N) is 7. The van der Waals surface area contributed by atoms with Crippen LogP contribution in [0.2, 0.25) is 0 Å². The average Bonchev–Trinajstić information content (AvgIpc) is 4.07. The second-order valence-corrected chi connectivity index (χ2v) is 16.6. The Morgan fingerprint density at radius 2 is 1.20 bits per heavy atom. The number of sulfonamides is 1. The molecule has 2 aliphatic heterocycles. The molecule has 0 fully saturated rings. The van der Waals surface area contributed by atoms with Crippen molar-refractivity contribution in [1.29, 1.82) is 0 Å². The van der Waals surface area contributed by atoms with E-state index in [0.29, 0.717) is 47.4 Å². The lowest BCUT2D eigenvalue weighted by atomic mass is 10.1. The van der Waals surface area contributed by atoms with Gasteiger partial charge in [0.15, 0.2) is 11.6 Å². The molecule has 2 aromatic carbocycles. The molecule has 0 amide bonds. The largest absolute Gasteiger partial charge is 0.369 e. The van der Waals surface area contributed by atoms with Gasteiger partial charge in [0.25, 0.3) is 0 Å². The molecule has 8 heterocycles. The van der Waals surface area contributed by atoms with Gasteiger partial charge in [0, 0.05) is 102 Å². The molecular weight excluding hydrogens is 787 g/mol. The molecule has 5 N–H and O–H groups in total. The second kappa shape index (κ2) is 16.5. The highest BCUT2D eigenvalue weighted by Gasteiger charge is 2.31. The Bertz CT molecular complexity index is 2970. The summed E-state index contributed by atoms with van der Waals surface area (Å²) in [6.45, 7) is 3.10. The van der Waals surface area contributed by atoms with Crippen LogP contribution < -0.4 is 16.0 Å². The van der Waals surface area contributed by atoms with Gasteiger partial charge < -0.3 is 25.9 Å². The number of hydrogen-bond acceptors (Lipinski definition) is 11. The summed E-state index contributed by atoms with van der Waals surface area (Å²) in [6.07, 6.45) is 12.2. The number of halogens is 2. The van der Waals surface area contributed by atoms with Crippen molar-refractivity contribution in [1.82, 2.24) is 49.5 Å². The molecule has 0 bridgehead atoms. The minimum Gasteiger partial charge on any atom is -0.369 e. The van der Waals surface area contributed by atoms with E-state index < -0.39 is 21.7 Å².